The van der Waals surface area contributed by atoms with Crippen molar-refractivity contribution >= 4 is 33.4 Å². The number of carbonyl (C=O) groups excluding carboxylic acids is 2. The number of aromatic nitrogens is 1. The van der Waals surface area contributed by atoms with E-state index in [4.69, 9.17) is 4.74 Å². The van der Waals surface area contributed by atoms with Crippen molar-refractivity contribution in [2.24, 2.45) is 0 Å². The molecule has 2 amide bonds. The van der Waals surface area contributed by atoms with Crippen molar-refractivity contribution in [3.8, 4) is 5.75 Å². The quantitative estimate of drug-likeness (QED) is 0.801. The number of aryl methyl sites for hydroxylation is 1. The van der Waals surface area contributed by atoms with Crippen LogP contribution in [0.4, 0.5) is 5.69 Å². The van der Waals surface area contributed by atoms with E-state index < -0.39 is 6.10 Å². The largest absolute Gasteiger partial charge is 0.479 e. The summed E-state index contributed by atoms with van der Waals surface area (Å²) in [4.78, 5) is 29.8. The van der Waals surface area contributed by atoms with Crippen molar-refractivity contribution in [1.82, 2.24) is 9.88 Å². The molecule has 132 valence electrons. The molecule has 0 aliphatic rings. The normalized spacial score (nSPS) is 11.5. The number of amides is 2. The molecule has 1 atom stereocenters. The molecule has 0 spiro atoms. The first-order valence-corrected chi connectivity index (χ1v) is 8.54. The van der Waals surface area contributed by atoms with Gasteiger partial charge in [0.25, 0.3) is 5.91 Å². The first-order valence-electron chi connectivity index (χ1n) is 7.74. The Labute approximate surface area is 155 Å². The Morgan fingerprint density at radius 2 is 2.12 bits per heavy atom. The van der Waals surface area contributed by atoms with E-state index in [9.17, 15) is 9.59 Å². The van der Waals surface area contributed by atoms with Crippen LogP contribution >= 0.6 is 15.9 Å². The first kappa shape index (κ1) is 18.9. The summed E-state index contributed by atoms with van der Waals surface area (Å²) in [5, 5.41) is 2.81. The van der Waals surface area contributed by atoms with Gasteiger partial charge in [-0.05, 0) is 49.7 Å². The molecule has 1 aromatic heterocycles. The molecule has 2 aromatic rings. The summed E-state index contributed by atoms with van der Waals surface area (Å²) in [5.74, 6) is -0.0481. The van der Waals surface area contributed by atoms with Crippen LogP contribution in [0, 0.1) is 6.92 Å². The molecule has 1 N–H and O–H groups in total. The lowest BCUT2D eigenvalue weighted by Crippen LogP contribution is -2.42. The number of ether oxygens (including phenoxy) is 1. The average molecular weight is 406 g/mol. The molecule has 25 heavy (non-hydrogen) atoms. The minimum Gasteiger partial charge on any atom is -0.479 e. The maximum atomic E-state index is 12.3. The molecule has 1 heterocycles. The van der Waals surface area contributed by atoms with Crippen LogP contribution in [0.25, 0.3) is 0 Å². The van der Waals surface area contributed by atoms with Gasteiger partial charge in [0, 0.05) is 23.4 Å². The zero-order chi connectivity index (χ0) is 18.4. The number of nitrogens with zero attached hydrogens (tertiary/aromatic N) is 2. The Balaban J connectivity index is 1.90. The Hall–Kier alpha value is -2.41. The van der Waals surface area contributed by atoms with Crippen molar-refractivity contribution in [2.75, 3.05) is 18.9 Å². The number of nitrogens with one attached hydrogen (secondary N) is 1. The minimum atomic E-state index is -0.712. The number of benzene rings is 1. The highest BCUT2D eigenvalue weighted by Crippen LogP contribution is 2.20. The van der Waals surface area contributed by atoms with E-state index in [1.807, 2.05) is 25.1 Å². The summed E-state index contributed by atoms with van der Waals surface area (Å²) in [7, 11) is 1.57. The summed E-state index contributed by atoms with van der Waals surface area (Å²) in [5.41, 5.74) is 1.65. The Kier molecular flexibility index (Phi) is 6.52. The first-order chi connectivity index (χ1) is 11.9. The highest BCUT2D eigenvalue weighted by atomic mass is 79.9. The topological polar surface area (TPSA) is 71.5 Å². The van der Waals surface area contributed by atoms with Crippen LogP contribution in [0.1, 0.15) is 12.5 Å². The van der Waals surface area contributed by atoms with E-state index in [2.05, 4.69) is 26.2 Å². The standard InChI is InChI=1S/C18H20BrN3O3/c1-12-9-14(19)6-7-16(12)21-17(23)11-22(3)18(24)13(2)25-15-5-4-8-20-10-15/h4-10,13H,11H2,1-3H3,(H,21,23). The lowest BCUT2D eigenvalue weighted by atomic mass is 10.2. The molecule has 1 aromatic carbocycles. The number of pyridine rings is 1. The van der Waals surface area contributed by atoms with Crippen LogP contribution in [0.2, 0.25) is 0 Å². The highest BCUT2D eigenvalue weighted by molar-refractivity contribution is 9.10. The van der Waals surface area contributed by atoms with Crippen LogP contribution in [-0.4, -0.2) is 41.4 Å². The SMILES string of the molecule is Cc1cc(Br)ccc1NC(=O)CN(C)C(=O)C(C)Oc1cccnc1. The lowest BCUT2D eigenvalue weighted by molar-refractivity contribution is -0.139. The predicted octanol–water partition coefficient (Wildman–Crippen LogP) is 3.02. The molecule has 2 rings (SSSR count). The minimum absolute atomic E-state index is 0.0604. The van der Waals surface area contributed by atoms with Crippen molar-refractivity contribution in [3.63, 3.8) is 0 Å². The zero-order valence-electron chi connectivity index (χ0n) is 14.3. The van der Waals surface area contributed by atoms with Gasteiger partial charge < -0.3 is 15.0 Å². The van der Waals surface area contributed by atoms with Crippen molar-refractivity contribution in [1.29, 1.82) is 0 Å². The van der Waals surface area contributed by atoms with Gasteiger partial charge in [0.05, 0.1) is 12.7 Å². The third-order valence-corrected chi connectivity index (χ3v) is 4.01. The Morgan fingerprint density at radius 3 is 2.76 bits per heavy atom. The van der Waals surface area contributed by atoms with E-state index in [0.717, 1.165) is 10.0 Å². The zero-order valence-corrected chi connectivity index (χ0v) is 15.9. The maximum absolute atomic E-state index is 12.3. The van der Waals surface area contributed by atoms with Crippen LogP contribution in [0.5, 0.6) is 5.75 Å². The van der Waals surface area contributed by atoms with Gasteiger partial charge in [-0.15, -0.1) is 0 Å². The summed E-state index contributed by atoms with van der Waals surface area (Å²) >= 11 is 3.38. The summed E-state index contributed by atoms with van der Waals surface area (Å²) in [6.45, 7) is 3.48. The molecule has 0 bridgehead atoms. The van der Waals surface area contributed by atoms with E-state index in [0.29, 0.717) is 11.4 Å². The van der Waals surface area contributed by atoms with Crippen molar-refractivity contribution in [3.05, 3.63) is 52.8 Å². The van der Waals surface area contributed by atoms with Gasteiger partial charge in [-0.1, -0.05) is 15.9 Å². The molecule has 0 radical (unpaired) electrons. The van der Waals surface area contributed by atoms with E-state index in [1.165, 1.54) is 11.1 Å². The number of carbonyl (C=O) groups is 2. The second-order valence-electron chi connectivity index (χ2n) is 5.65. The van der Waals surface area contributed by atoms with Gasteiger partial charge >= 0.3 is 0 Å². The lowest BCUT2D eigenvalue weighted by Gasteiger charge is -2.21. The van der Waals surface area contributed by atoms with Gasteiger partial charge in [-0.2, -0.15) is 0 Å². The number of likely N-dealkylation sites (N-methyl/N-ethyl adjacent to an activating group) is 1. The molecule has 0 aliphatic carbocycles. The molecule has 1 unspecified atom stereocenters. The Bertz CT molecular complexity index is 752. The van der Waals surface area contributed by atoms with Crippen LogP contribution in [0.3, 0.4) is 0 Å². The van der Waals surface area contributed by atoms with Gasteiger partial charge in [-0.25, -0.2) is 0 Å². The summed E-state index contributed by atoms with van der Waals surface area (Å²) in [6.07, 6.45) is 2.45. The van der Waals surface area contributed by atoms with Gasteiger partial charge in [0.1, 0.15) is 5.75 Å². The van der Waals surface area contributed by atoms with Crippen molar-refractivity contribution < 1.29 is 14.3 Å². The predicted molar refractivity (Wildman–Crippen MR) is 99.5 cm³/mol. The smallest absolute Gasteiger partial charge is 0.263 e. The number of hydrogen-bond donors (Lipinski definition) is 1. The van der Waals surface area contributed by atoms with Crippen LogP contribution in [-0.2, 0) is 9.59 Å². The number of anilines is 1. The Morgan fingerprint density at radius 1 is 1.36 bits per heavy atom. The van der Waals surface area contributed by atoms with Crippen LogP contribution < -0.4 is 10.1 Å². The molecule has 6 nitrogen and oxygen atoms in total. The fraction of sp³-hybridized carbons (Fsp3) is 0.278. The maximum Gasteiger partial charge on any atom is 0.263 e. The third kappa shape index (κ3) is 5.56. The molecular formula is C18H20BrN3O3. The molecule has 0 fully saturated rings. The van der Waals surface area contributed by atoms with E-state index >= 15 is 0 Å². The second-order valence-corrected chi connectivity index (χ2v) is 6.57. The van der Waals surface area contributed by atoms with Crippen molar-refractivity contribution in [2.45, 2.75) is 20.0 Å². The molecule has 0 aliphatic heterocycles. The molecule has 0 saturated carbocycles. The number of rotatable bonds is 6. The molecule has 7 heteroatoms. The number of hydrogen-bond acceptors (Lipinski definition) is 4. The summed E-state index contributed by atoms with van der Waals surface area (Å²) < 4.78 is 6.48. The number of halogens is 1. The monoisotopic (exact) mass is 405 g/mol. The summed E-state index contributed by atoms with van der Waals surface area (Å²) in [6, 6.07) is 9.02. The highest BCUT2D eigenvalue weighted by Gasteiger charge is 2.21. The third-order valence-electron chi connectivity index (χ3n) is 3.51. The fourth-order valence-corrected chi connectivity index (χ4v) is 2.71. The van der Waals surface area contributed by atoms with Gasteiger partial charge in [-0.3, -0.25) is 14.6 Å². The fourth-order valence-electron chi connectivity index (χ4n) is 2.23. The van der Waals surface area contributed by atoms with Crippen LogP contribution in [0.15, 0.2) is 47.2 Å². The van der Waals surface area contributed by atoms with Gasteiger partial charge in [0.15, 0.2) is 6.10 Å². The van der Waals surface area contributed by atoms with Gasteiger partial charge in [0.2, 0.25) is 5.91 Å². The molecule has 0 saturated heterocycles. The average Bonchev–Trinajstić information content (AvgIpc) is 2.57. The van der Waals surface area contributed by atoms with E-state index in [1.54, 1.807) is 32.3 Å². The van der Waals surface area contributed by atoms with E-state index in [-0.39, 0.29) is 18.4 Å². The second kappa shape index (κ2) is 8.62. The molecular weight excluding hydrogens is 386 g/mol.